The number of nitrogens with zero attached hydrogens (tertiary/aromatic N) is 5. The normalized spacial score (nSPS) is 13.5. The number of piperazine rings is 1. The Morgan fingerprint density at radius 1 is 1.00 bits per heavy atom. The average Bonchev–Trinajstić information content (AvgIpc) is 2.92. The molecule has 10 heteroatoms. The minimum Gasteiger partial charge on any atom is -0.506 e. The highest BCUT2D eigenvalue weighted by Crippen LogP contribution is 2.47. The van der Waals surface area contributed by atoms with E-state index in [0.717, 1.165) is 18.7 Å². The van der Waals surface area contributed by atoms with Gasteiger partial charge in [0.2, 0.25) is 5.88 Å². The van der Waals surface area contributed by atoms with E-state index in [0.29, 0.717) is 60.9 Å². The second kappa shape index (κ2) is 11.1. The van der Waals surface area contributed by atoms with Crippen LogP contribution in [0.15, 0.2) is 36.5 Å². The third-order valence-corrected chi connectivity index (χ3v) is 6.33. The molecule has 3 aromatic rings. The van der Waals surface area contributed by atoms with Crippen LogP contribution in [0.3, 0.4) is 0 Å². The Morgan fingerprint density at radius 2 is 1.69 bits per heavy atom. The van der Waals surface area contributed by atoms with Crippen molar-refractivity contribution >= 4 is 11.7 Å². The molecule has 0 atom stereocenters. The lowest BCUT2D eigenvalue weighted by Gasteiger charge is -2.35. The Morgan fingerprint density at radius 3 is 2.28 bits per heavy atom. The first-order valence-electron chi connectivity index (χ1n) is 12.0. The number of amides is 1. The van der Waals surface area contributed by atoms with Crippen LogP contribution < -0.4 is 14.4 Å². The Balaban J connectivity index is 1.73. The molecule has 0 radical (unpaired) electrons. The van der Waals surface area contributed by atoms with Crippen LogP contribution >= 0.6 is 0 Å². The first kappa shape index (κ1) is 25.0. The topological polar surface area (TPSA) is 121 Å². The summed E-state index contributed by atoms with van der Waals surface area (Å²) in [6.45, 7) is 3.91. The summed E-state index contributed by atoms with van der Waals surface area (Å²) in [6, 6.07) is 8.96. The van der Waals surface area contributed by atoms with Gasteiger partial charge in [0.25, 0.3) is 5.91 Å². The van der Waals surface area contributed by atoms with Crippen LogP contribution in [0.5, 0.6) is 23.1 Å². The third-order valence-electron chi connectivity index (χ3n) is 6.33. The molecule has 2 N–H and O–H groups in total. The zero-order chi connectivity index (χ0) is 25.7. The number of carbonyl (C=O) groups excluding carboxylic acids is 1. The zero-order valence-corrected chi connectivity index (χ0v) is 20.8. The van der Waals surface area contributed by atoms with Gasteiger partial charge in [0.05, 0.1) is 31.0 Å². The molecule has 36 heavy (non-hydrogen) atoms. The summed E-state index contributed by atoms with van der Waals surface area (Å²) in [5.74, 6) is 0.350. The second-order valence-electron chi connectivity index (χ2n) is 8.48. The molecule has 0 spiro atoms. The smallest absolute Gasteiger partial charge is 0.263 e. The van der Waals surface area contributed by atoms with Crippen molar-refractivity contribution in [2.45, 2.75) is 26.2 Å². The molecule has 1 aliphatic rings. The van der Waals surface area contributed by atoms with E-state index in [-0.39, 0.29) is 11.3 Å². The summed E-state index contributed by atoms with van der Waals surface area (Å²) in [5.41, 5.74) is 1.06. The molecule has 1 aliphatic heterocycles. The van der Waals surface area contributed by atoms with E-state index in [1.54, 1.807) is 29.3 Å². The molecular formula is C26H31N5O5. The lowest BCUT2D eigenvalue weighted by atomic mass is 9.95. The van der Waals surface area contributed by atoms with Crippen LogP contribution in [0.1, 0.15) is 35.8 Å². The van der Waals surface area contributed by atoms with E-state index in [1.165, 1.54) is 14.2 Å². The predicted octanol–water partition coefficient (Wildman–Crippen LogP) is 3.27. The lowest BCUT2D eigenvalue weighted by molar-refractivity contribution is 0.0739. The summed E-state index contributed by atoms with van der Waals surface area (Å²) in [6.07, 6.45) is 3.79. The molecule has 0 unspecified atom stereocenters. The Hall–Kier alpha value is -4.08. The minimum atomic E-state index is -0.492. The van der Waals surface area contributed by atoms with Crippen molar-refractivity contribution in [1.29, 1.82) is 0 Å². The second-order valence-corrected chi connectivity index (χ2v) is 8.48. The van der Waals surface area contributed by atoms with Gasteiger partial charge >= 0.3 is 0 Å². The van der Waals surface area contributed by atoms with Gasteiger partial charge in [-0.3, -0.25) is 4.79 Å². The maximum Gasteiger partial charge on any atom is 0.263 e. The molecule has 10 nitrogen and oxygen atoms in total. The van der Waals surface area contributed by atoms with Crippen molar-refractivity contribution in [3.63, 3.8) is 0 Å². The predicted molar refractivity (Wildman–Crippen MR) is 135 cm³/mol. The van der Waals surface area contributed by atoms with Gasteiger partial charge in [0, 0.05) is 32.4 Å². The molecule has 0 saturated carbocycles. The maximum absolute atomic E-state index is 13.6. The van der Waals surface area contributed by atoms with Gasteiger partial charge in [-0.1, -0.05) is 19.4 Å². The first-order chi connectivity index (χ1) is 17.5. The molecule has 190 valence electrons. The number of ether oxygens (including phenoxy) is 2. The fraction of sp³-hybridized carbons (Fsp3) is 0.385. The van der Waals surface area contributed by atoms with Crippen molar-refractivity contribution in [2.75, 3.05) is 45.3 Å². The Labute approximate surface area is 210 Å². The number of hydrogen-bond acceptors (Lipinski definition) is 9. The van der Waals surface area contributed by atoms with Gasteiger partial charge in [-0.15, -0.1) is 5.10 Å². The monoisotopic (exact) mass is 493 g/mol. The van der Waals surface area contributed by atoms with Crippen molar-refractivity contribution in [3.05, 3.63) is 47.8 Å². The average molecular weight is 494 g/mol. The fourth-order valence-electron chi connectivity index (χ4n) is 4.45. The number of rotatable bonds is 8. The Kier molecular flexibility index (Phi) is 7.72. The molecule has 2 aromatic heterocycles. The molecule has 4 rings (SSSR count). The van der Waals surface area contributed by atoms with Crippen molar-refractivity contribution < 1.29 is 24.5 Å². The number of pyridine rings is 1. The first-order valence-corrected chi connectivity index (χ1v) is 12.0. The van der Waals surface area contributed by atoms with Gasteiger partial charge in [-0.05, 0) is 37.1 Å². The number of hydrogen-bond donors (Lipinski definition) is 2. The van der Waals surface area contributed by atoms with E-state index in [4.69, 9.17) is 9.47 Å². The van der Waals surface area contributed by atoms with E-state index < -0.39 is 11.8 Å². The standard InChI is InChI=1S/C26H31N5O5/c1-4-5-8-17-21(22-18(35-2)9-6-10-19(22)36-3)24(32)23(25(33)28-17)26(34)31-15-13-30(14-16-31)20-11-7-12-27-29-20/h6-7,9-12H,4-5,8,13-16H2,1-3H3,(H2,28,32,33). The maximum atomic E-state index is 13.6. The molecule has 3 heterocycles. The van der Waals surface area contributed by atoms with Crippen LogP contribution in [0, 0.1) is 0 Å². The quantitative estimate of drug-likeness (QED) is 0.487. The lowest BCUT2D eigenvalue weighted by Crippen LogP contribution is -2.49. The highest BCUT2D eigenvalue weighted by molar-refractivity contribution is 6.02. The molecule has 0 bridgehead atoms. The van der Waals surface area contributed by atoms with Crippen molar-refractivity contribution in [3.8, 4) is 34.3 Å². The largest absolute Gasteiger partial charge is 0.506 e. The van der Waals surface area contributed by atoms with Crippen LogP contribution in [0.2, 0.25) is 0 Å². The number of carbonyl (C=O) groups is 1. The van der Waals surface area contributed by atoms with Gasteiger partial charge < -0.3 is 29.5 Å². The van der Waals surface area contributed by atoms with Gasteiger partial charge in [-0.25, -0.2) is 4.98 Å². The van der Waals surface area contributed by atoms with Crippen LogP contribution in [-0.2, 0) is 6.42 Å². The zero-order valence-electron chi connectivity index (χ0n) is 20.8. The summed E-state index contributed by atoms with van der Waals surface area (Å²) in [7, 11) is 3.05. The highest BCUT2D eigenvalue weighted by atomic mass is 16.5. The molecule has 1 aromatic carbocycles. The van der Waals surface area contributed by atoms with Gasteiger partial charge in [0.15, 0.2) is 5.82 Å². The summed E-state index contributed by atoms with van der Waals surface area (Å²) in [4.78, 5) is 21.6. The van der Waals surface area contributed by atoms with E-state index >= 15 is 0 Å². The van der Waals surface area contributed by atoms with Crippen molar-refractivity contribution in [2.24, 2.45) is 0 Å². The SMILES string of the molecule is CCCCc1nc(O)c(C(=O)N2CCN(c3cccnn3)CC2)c(O)c1-c1c(OC)cccc1OC. The highest BCUT2D eigenvalue weighted by Gasteiger charge is 2.32. The van der Waals surface area contributed by atoms with Gasteiger partial charge in [-0.2, -0.15) is 5.10 Å². The van der Waals surface area contributed by atoms with Gasteiger partial charge in [0.1, 0.15) is 22.8 Å². The Bertz CT molecular complexity index is 1190. The number of unbranched alkanes of at least 4 members (excludes halogenated alkanes) is 1. The molecular weight excluding hydrogens is 462 g/mol. The number of aromatic nitrogens is 3. The van der Waals surface area contributed by atoms with Crippen LogP contribution in [0.4, 0.5) is 5.82 Å². The molecule has 0 aliphatic carbocycles. The number of benzene rings is 1. The van der Waals surface area contributed by atoms with E-state index in [1.807, 2.05) is 24.0 Å². The fourth-order valence-corrected chi connectivity index (χ4v) is 4.45. The third kappa shape index (κ3) is 4.84. The van der Waals surface area contributed by atoms with Crippen molar-refractivity contribution in [1.82, 2.24) is 20.1 Å². The summed E-state index contributed by atoms with van der Waals surface area (Å²) < 4.78 is 11.1. The number of anilines is 1. The summed E-state index contributed by atoms with van der Waals surface area (Å²) in [5, 5.41) is 30.3. The van der Waals surface area contributed by atoms with E-state index in [2.05, 4.69) is 15.2 Å². The molecule has 1 saturated heterocycles. The number of methoxy groups -OCH3 is 2. The number of aryl methyl sites for hydroxylation is 1. The molecule has 1 amide bonds. The molecule has 1 fully saturated rings. The summed E-state index contributed by atoms with van der Waals surface area (Å²) >= 11 is 0. The van der Waals surface area contributed by atoms with Crippen LogP contribution in [0.25, 0.3) is 11.1 Å². The minimum absolute atomic E-state index is 0.230. The number of aromatic hydroxyl groups is 2. The van der Waals surface area contributed by atoms with E-state index in [9.17, 15) is 15.0 Å². The van der Waals surface area contributed by atoms with Crippen LogP contribution in [-0.4, -0.2) is 76.6 Å².